The normalized spacial score (nSPS) is 11.4. The average molecular weight is 460 g/mol. The molecule has 0 aliphatic carbocycles. The first-order chi connectivity index (χ1) is 11.7. The van der Waals surface area contributed by atoms with Crippen LogP contribution in [-0.2, 0) is 9.53 Å². The lowest BCUT2D eigenvalue weighted by atomic mass is 10.2. The molecular formula is C18H25IN2O4. The molecule has 0 atom stereocenters. The van der Waals surface area contributed by atoms with Crippen LogP contribution in [0.5, 0.6) is 5.88 Å². The minimum atomic E-state index is -0.586. The van der Waals surface area contributed by atoms with Crippen LogP contribution in [0, 0.1) is 3.57 Å². The predicted octanol–water partition coefficient (Wildman–Crippen LogP) is 3.84. The van der Waals surface area contributed by atoms with Gasteiger partial charge in [0, 0.05) is 28.8 Å². The van der Waals surface area contributed by atoms with Gasteiger partial charge in [-0.3, -0.25) is 4.79 Å². The number of ether oxygens (including phenoxy) is 2. The quantitative estimate of drug-likeness (QED) is 0.436. The summed E-state index contributed by atoms with van der Waals surface area (Å²) < 4.78 is 12.0. The van der Waals surface area contributed by atoms with Gasteiger partial charge < -0.3 is 14.4 Å². The van der Waals surface area contributed by atoms with Gasteiger partial charge in [0.25, 0.3) is 0 Å². The average Bonchev–Trinajstić information content (AvgIpc) is 2.53. The Morgan fingerprint density at radius 3 is 2.60 bits per heavy atom. The van der Waals surface area contributed by atoms with Gasteiger partial charge in [-0.25, -0.2) is 9.78 Å². The summed E-state index contributed by atoms with van der Waals surface area (Å²) in [6.45, 7) is 8.11. The lowest BCUT2D eigenvalue weighted by Crippen LogP contribution is -2.39. The summed E-state index contributed by atoms with van der Waals surface area (Å²) in [5.74, 6) is 0.518. The van der Waals surface area contributed by atoms with Crippen molar-refractivity contribution >= 4 is 34.5 Å². The first kappa shape index (κ1) is 21.4. The topological polar surface area (TPSA) is 68.7 Å². The Morgan fingerprint density at radius 2 is 2.04 bits per heavy atom. The minimum absolute atomic E-state index is 0.0171. The van der Waals surface area contributed by atoms with Gasteiger partial charge in [-0.05, 0) is 55.5 Å². The summed E-state index contributed by atoms with van der Waals surface area (Å²) in [5, 5.41) is 0. The summed E-state index contributed by atoms with van der Waals surface area (Å²) in [6, 6.07) is 3.67. The number of halogens is 1. The molecule has 138 valence electrons. The Hall–Kier alpha value is -1.64. The molecule has 0 aliphatic heterocycles. The van der Waals surface area contributed by atoms with Crippen molar-refractivity contribution in [2.45, 2.75) is 39.7 Å². The second-order valence-corrected chi connectivity index (χ2v) is 7.56. The van der Waals surface area contributed by atoms with Crippen molar-refractivity contribution < 1.29 is 19.1 Å². The molecule has 1 aromatic rings. The highest BCUT2D eigenvalue weighted by Crippen LogP contribution is 2.11. The van der Waals surface area contributed by atoms with E-state index in [9.17, 15) is 9.59 Å². The van der Waals surface area contributed by atoms with E-state index < -0.39 is 11.7 Å². The first-order valence-corrected chi connectivity index (χ1v) is 9.21. The third-order valence-corrected chi connectivity index (χ3v) is 3.58. The van der Waals surface area contributed by atoms with Gasteiger partial charge in [0.05, 0.1) is 6.54 Å². The molecule has 0 radical (unpaired) electrons. The lowest BCUT2D eigenvalue weighted by molar-refractivity contribution is -0.114. The zero-order valence-electron chi connectivity index (χ0n) is 15.1. The summed E-state index contributed by atoms with van der Waals surface area (Å²) in [5.41, 5.74) is -0.586. The number of amides is 1. The molecule has 0 aromatic carbocycles. The third-order valence-electron chi connectivity index (χ3n) is 2.94. The summed E-state index contributed by atoms with van der Waals surface area (Å²) in [7, 11) is 0. The number of hydrogen-bond donors (Lipinski definition) is 0. The SMILES string of the molecule is CCC(=O)/C=C/CN(CCOc1ccc(I)cn1)C(=O)OC(C)(C)C. The second kappa shape index (κ2) is 10.4. The van der Waals surface area contributed by atoms with Gasteiger partial charge in [-0.15, -0.1) is 0 Å². The van der Waals surface area contributed by atoms with E-state index in [1.807, 2.05) is 26.8 Å². The van der Waals surface area contributed by atoms with Crippen molar-refractivity contribution in [2.75, 3.05) is 19.7 Å². The van der Waals surface area contributed by atoms with E-state index in [2.05, 4.69) is 27.6 Å². The van der Waals surface area contributed by atoms with Crippen LogP contribution in [0.4, 0.5) is 4.79 Å². The number of rotatable bonds is 8. The Kier molecular flexibility index (Phi) is 8.88. The van der Waals surface area contributed by atoms with Gasteiger partial charge in [-0.1, -0.05) is 13.0 Å². The maximum atomic E-state index is 12.3. The molecule has 7 heteroatoms. The van der Waals surface area contributed by atoms with Crippen molar-refractivity contribution in [3.63, 3.8) is 0 Å². The van der Waals surface area contributed by atoms with Gasteiger partial charge in [-0.2, -0.15) is 0 Å². The molecule has 1 rings (SSSR count). The van der Waals surface area contributed by atoms with E-state index in [0.29, 0.717) is 18.8 Å². The van der Waals surface area contributed by atoms with Gasteiger partial charge in [0.1, 0.15) is 12.2 Å². The van der Waals surface area contributed by atoms with Crippen LogP contribution in [0.2, 0.25) is 0 Å². The first-order valence-electron chi connectivity index (χ1n) is 8.13. The van der Waals surface area contributed by atoms with Crippen molar-refractivity contribution in [1.29, 1.82) is 0 Å². The molecule has 1 amide bonds. The van der Waals surface area contributed by atoms with Crippen molar-refractivity contribution in [2.24, 2.45) is 0 Å². The van der Waals surface area contributed by atoms with Gasteiger partial charge >= 0.3 is 6.09 Å². The molecule has 25 heavy (non-hydrogen) atoms. The second-order valence-electron chi connectivity index (χ2n) is 6.31. The number of carbonyl (C=O) groups excluding carboxylic acids is 2. The van der Waals surface area contributed by atoms with E-state index in [0.717, 1.165) is 3.57 Å². The van der Waals surface area contributed by atoms with Crippen molar-refractivity contribution in [3.05, 3.63) is 34.1 Å². The maximum absolute atomic E-state index is 12.3. The molecule has 0 aliphatic rings. The van der Waals surface area contributed by atoms with Gasteiger partial charge in [0.2, 0.25) is 5.88 Å². The largest absolute Gasteiger partial charge is 0.476 e. The zero-order chi connectivity index (χ0) is 18.9. The van der Waals surface area contributed by atoms with Crippen molar-refractivity contribution in [3.8, 4) is 5.88 Å². The number of aromatic nitrogens is 1. The van der Waals surface area contributed by atoms with Crippen LogP contribution >= 0.6 is 22.6 Å². The van der Waals surface area contributed by atoms with Crippen LogP contribution in [0.1, 0.15) is 34.1 Å². The number of carbonyl (C=O) groups is 2. The molecule has 0 fully saturated rings. The Labute approximate surface area is 162 Å². The highest BCUT2D eigenvalue weighted by molar-refractivity contribution is 14.1. The molecule has 0 spiro atoms. The predicted molar refractivity (Wildman–Crippen MR) is 105 cm³/mol. The highest BCUT2D eigenvalue weighted by atomic mass is 127. The molecule has 0 bridgehead atoms. The van der Waals surface area contributed by atoms with Crippen LogP contribution in [-0.4, -0.2) is 47.1 Å². The summed E-state index contributed by atoms with van der Waals surface area (Å²) >= 11 is 2.17. The number of nitrogens with zero attached hydrogens (tertiary/aromatic N) is 2. The van der Waals surface area contributed by atoms with Gasteiger partial charge in [0.15, 0.2) is 5.78 Å². The van der Waals surface area contributed by atoms with Crippen LogP contribution in [0.3, 0.4) is 0 Å². The van der Waals surface area contributed by atoms with Crippen LogP contribution in [0.25, 0.3) is 0 Å². The molecule has 6 nitrogen and oxygen atoms in total. The molecule has 0 saturated carbocycles. The summed E-state index contributed by atoms with van der Waals surface area (Å²) in [6.07, 6.45) is 4.85. The van der Waals surface area contributed by atoms with E-state index >= 15 is 0 Å². The van der Waals surface area contributed by atoms with E-state index in [4.69, 9.17) is 9.47 Å². The Morgan fingerprint density at radius 1 is 1.32 bits per heavy atom. The number of pyridine rings is 1. The molecule has 1 aromatic heterocycles. The smallest absolute Gasteiger partial charge is 0.410 e. The maximum Gasteiger partial charge on any atom is 0.410 e. The molecule has 0 saturated heterocycles. The fourth-order valence-electron chi connectivity index (χ4n) is 1.72. The Bertz CT molecular complexity index is 594. The zero-order valence-corrected chi connectivity index (χ0v) is 17.3. The standard InChI is InChI=1S/C18H25IN2O4/c1-5-15(22)7-6-10-21(17(23)25-18(2,3)4)11-12-24-16-9-8-14(19)13-20-16/h6-9,13H,5,10-12H2,1-4H3/b7-6+. The number of hydrogen-bond acceptors (Lipinski definition) is 5. The summed E-state index contributed by atoms with van der Waals surface area (Å²) in [4.78, 5) is 29.3. The molecule has 0 N–H and O–H groups in total. The highest BCUT2D eigenvalue weighted by Gasteiger charge is 2.21. The van der Waals surface area contributed by atoms with Crippen LogP contribution < -0.4 is 4.74 Å². The monoisotopic (exact) mass is 460 g/mol. The fourth-order valence-corrected chi connectivity index (χ4v) is 2.04. The number of ketones is 1. The Balaban J connectivity index is 2.62. The fraction of sp³-hybridized carbons (Fsp3) is 0.500. The molecule has 1 heterocycles. The van der Waals surface area contributed by atoms with Crippen LogP contribution in [0.15, 0.2) is 30.5 Å². The molecule has 0 unspecified atom stereocenters. The third kappa shape index (κ3) is 9.42. The van der Waals surface area contributed by atoms with E-state index in [-0.39, 0.29) is 18.9 Å². The number of allylic oxidation sites excluding steroid dienone is 1. The minimum Gasteiger partial charge on any atom is -0.476 e. The van der Waals surface area contributed by atoms with E-state index in [1.54, 1.807) is 25.3 Å². The molecular weight excluding hydrogens is 435 g/mol. The van der Waals surface area contributed by atoms with E-state index in [1.165, 1.54) is 11.0 Å². The van der Waals surface area contributed by atoms with Crippen molar-refractivity contribution in [1.82, 2.24) is 9.88 Å². The lowest BCUT2D eigenvalue weighted by Gasteiger charge is -2.26.